The number of carbonyl (C=O) groups excluding carboxylic acids is 2. The van der Waals surface area contributed by atoms with Crippen LogP contribution in [0.15, 0.2) is 78.5 Å². The van der Waals surface area contributed by atoms with E-state index in [1.807, 2.05) is 42.5 Å². The van der Waals surface area contributed by atoms with Crippen molar-refractivity contribution < 1.29 is 14.3 Å². The minimum absolute atomic E-state index is 0.0482. The predicted octanol–water partition coefficient (Wildman–Crippen LogP) is 3.74. The van der Waals surface area contributed by atoms with Crippen LogP contribution < -0.4 is 4.74 Å². The van der Waals surface area contributed by atoms with Crippen molar-refractivity contribution in [3.05, 3.63) is 89.6 Å². The molecule has 2 aromatic rings. The van der Waals surface area contributed by atoms with Crippen molar-refractivity contribution >= 4 is 11.7 Å². The third-order valence-electron chi connectivity index (χ3n) is 4.95. The molecule has 1 amide bonds. The fourth-order valence-corrected chi connectivity index (χ4v) is 3.34. The van der Waals surface area contributed by atoms with Gasteiger partial charge in [-0.1, -0.05) is 42.5 Å². The fourth-order valence-electron chi connectivity index (χ4n) is 3.34. The van der Waals surface area contributed by atoms with Crippen LogP contribution in [0.5, 0.6) is 5.75 Å². The summed E-state index contributed by atoms with van der Waals surface area (Å²) in [6, 6.07) is 17.8. The number of methoxy groups -OCH3 is 1. The number of carbonyl (C=O) groups is 2. The number of likely N-dealkylation sites (N-methyl/N-ethyl adjacent to an activating group) is 1. The van der Waals surface area contributed by atoms with Gasteiger partial charge in [-0.25, -0.2) is 0 Å². The first-order valence-corrected chi connectivity index (χ1v) is 9.56. The summed E-state index contributed by atoms with van der Waals surface area (Å²) in [6.45, 7) is 0.636. The van der Waals surface area contributed by atoms with Crippen LogP contribution in [0.3, 0.4) is 0 Å². The van der Waals surface area contributed by atoms with E-state index in [-0.39, 0.29) is 17.7 Å². The lowest BCUT2D eigenvalue weighted by Crippen LogP contribution is -2.33. The largest absolute Gasteiger partial charge is 0.497 e. The summed E-state index contributed by atoms with van der Waals surface area (Å²) < 4.78 is 5.26. The highest BCUT2D eigenvalue weighted by Gasteiger charge is 2.28. The van der Waals surface area contributed by atoms with Gasteiger partial charge in [-0.2, -0.15) is 0 Å². The lowest BCUT2D eigenvalue weighted by molar-refractivity contribution is -0.123. The fraction of sp³-hybridized carbons (Fsp3) is 0.250. The van der Waals surface area contributed by atoms with Gasteiger partial charge in [0.05, 0.1) is 13.2 Å². The second kappa shape index (κ2) is 9.24. The summed E-state index contributed by atoms with van der Waals surface area (Å²) in [5, 5.41) is 0. The molecule has 0 N–H and O–H groups in total. The molecule has 0 spiro atoms. The number of nitrogens with zero attached hydrogens (tertiary/aromatic N) is 2. The van der Waals surface area contributed by atoms with Crippen molar-refractivity contribution in [2.45, 2.75) is 19.0 Å². The van der Waals surface area contributed by atoms with Gasteiger partial charge >= 0.3 is 0 Å². The van der Waals surface area contributed by atoms with Gasteiger partial charge in [-0.15, -0.1) is 0 Å². The molecule has 1 unspecified atom stereocenters. The van der Waals surface area contributed by atoms with Crippen molar-refractivity contribution in [3.8, 4) is 5.75 Å². The Morgan fingerprint density at radius 2 is 1.83 bits per heavy atom. The quantitative estimate of drug-likeness (QED) is 0.705. The van der Waals surface area contributed by atoms with Crippen molar-refractivity contribution in [1.29, 1.82) is 0 Å². The molecular formula is C24H26N2O3. The first-order valence-electron chi connectivity index (χ1n) is 9.56. The molecule has 1 aliphatic heterocycles. The Labute approximate surface area is 171 Å². The number of amides is 1. The summed E-state index contributed by atoms with van der Waals surface area (Å²) in [4.78, 5) is 28.2. The topological polar surface area (TPSA) is 49.9 Å². The van der Waals surface area contributed by atoms with Crippen LogP contribution in [0.25, 0.3) is 0 Å². The van der Waals surface area contributed by atoms with Gasteiger partial charge in [0.2, 0.25) is 5.91 Å². The molecule has 0 fully saturated rings. The van der Waals surface area contributed by atoms with Gasteiger partial charge in [0.15, 0.2) is 5.78 Å². The minimum Gasteiger partial charge on any atom is -0.497 e. The third-order valence-corrected chi connectivity index (χ3v) is 4.95. The monoisotopic (exact) mass is 390 g/mol. The standard InChI is InChI=1S/C24H26N2O3/c1-25(2)24(28)14-11-20-15-21(27)16-23(19-9-12-22(29-3)13-10-19)26(20)17-18-7-5-4-6-8-18/h4-15,23H,16-17H2,1-3H3/b14-11+. The molecule has 1 aliphatic rings. The number of benzene rings is 2. The van der Waals surface area contributed by atoms with E-state index in [1.165, 1.54) is 11.0 Å². The molecule has 0 aromatic heterocycles. The minimum atomic E-state index is -0.121. The summed E-state index contributed by atoms with van der Waals surface area (Å²) in [7, 11) is 5.04. The first kappa shape index (κ1) is 20.4. The van der Waals surface area contributed by atoms with Crippen molar-refractivity contribution in [2.24, 2.45) is 0 Å². The van der Waals surface area contributed by atoms with Crippen LogP contribution in [-0.2, 0) is 16.1 Å². The van der Waals surface area contributed by atoms with Crippen LogP contribution in [0, 0.1) is 0 Å². The first-order chi connectivity index (χ1) is 14.0. The normalized spacial score (nSPS) is 16.7. The highest BCUT2D eigenvalue weighted by Crippen LogP contribution is 2.35. The smallest absolute Gasteiger partial charge is 0.246 e. The van der Waals surface area contributed by atoms with Gasteiger partial charge in [-0.05, 0) is 29.3 Å². The number of ketones is 1. The Balaban J connectivity index is 1.97. The lowest BCUT2D eigenvalue weighted by atomic mass is 9.94. The van der Waals surface area contributed by atoms with E-state index in [0.717, 1.165) is 22.6 Å². The summed E-state index contributed by atoms with van der Waals surface area (Å²) in [5.41, 5.74) is 2.91. The van der Waals surface area contributed by atoms with Gasteiger partial charge in [0, 0.05) is 44.9 Å². The Hall–Kier alpha value is -3.34. The maximum absolute atomic E-state index is 12.5. The highest BCUT2D eigenvalue weighted by atomic mass is 16.5. The van der Waals surface area contributed by atoms with Gasteiger partial charge in [0.25, 0.3) is 0 Å². The number of allylic oxidation sites excluding steroid dienone is 2. The Morgan fingerprint density at radius 3 is 2.45 bits per heavy atom. The van der Waals surface area contributed by atoms with E-state index in [4.69, 9.17) is 4.74 Å². The Morgan fingerprint density at radius 1 is 1.14 bits per heavy atom. The van der Waals surface area contributed by atoms with Crippen LogP contribution >= 0.6 is 0 Å². The van der Waals surface area contributed by atoms with Crippen LogP contribution in [-0.4, -0.2) is 42.7 Å². The molecule has 5 heteroatoms. The zero-order valence-electron chi connectivity index (χ0n) is 17.0. The van der Waals surface area contributed by atoms with E-state index in [1.54, 1.807) is 33.4 Å². The molecular weight excluding hydrogens is 364 g/mol. The Kier molecular flexibility index (Phi) is 6.50. The second-order valence-electron chi connectivity index (χ2n) is 7.21. The van der Waals surface area contributed by atoms with E-state index < -0.39 is 0 Å². The predicted molar refractivity (Wildman–Crippen MR) is 113 cm³/mol. The highest BCUT2D eigenvalue weighted by molar-refractivity contribution is 5.93. The Bertz CT molecular complexity index is 915. The molecule has 0 aliphatic carbocycles. The van der Waals surface area contributed by atoms with E-state index in [2.05, 4.69) is 17.0 Å². The van der Waals surface area contributed by atoms with Crippen molar-refractivity contribution in [3.63, 3.8) is 0 Å². The van der Waals surface area contributed by atoms with Crippen molar-refractivity contribution in [2.75, 3.05) is 21.2 Å². The van der Waals surface area contributed by atoms with Gasteiger partial charge < -0.3 is 14.5 Å². The number of rotatable bonds is 6. The average molecular weight is 390 g/mol. The van der Waals surface area contributed by atoms with Crippen molar-refractivity contribution in [1.82, 2.24) is 9.80 Å². The molecule has 0 saturated carbocycles. The van der Waals surface area contributed by atoms with Crippen LogP contribution in [0.4, 0.5) is 0 Å². The summed E-state index contributed by atoms with van der Waals surface area (Å²) in [5.74, 6) is 0.703. The second-order valence-corrected chi connectivity index (χ2v) is 7.21. The maximum Gasteiger partial charge on any atom is 0.246 e. The zero-order chi connectivity index (χ0) is 20.8. The van der Waals surface area contributed by atoms with E-state index in [9.17, 15) is 9.59 Å². The average Bonchev–Trinajstić information content (AvgIpc) is 2.74. The van der Waals surface area contributed by atoms with Crippen LogP contribution in [0.2, 0.25) is 0 Å². The molecule has 2 aromatic carbocycles. The van der Waals surface area contributed by atoms with Gasteiger partial charge in [0.1, 0.15) is 5.75 Å². The number of hydrogen-bond donors (Lipinski definition) is 0. The third kappa shape index (κ3) is 5.13. The molecule has 1 heterocycles. The van der Waals surface area contributed by atoms with E-state index in [0.29, 0.717) is 13.0 Å². The molecule has 150 valence electrons. The lowest BCUT2D eigenvalue weighted by Gasteiger charge is -2.37. The number of hydrogen-bond acceptors (Lipinski definition) is 4. The molecule has 0 bridgehead atoms. The SMILES string of the molecule is COc1ccc(C2CC(=O)C=C(/C=C/C(=O)N(C)C)N2Cc2ccccc2)cc1. The summed E-state index contributed by atoms with van der Waals surface area (Å²) in [6.07, 6.45) is 5.26. The zero-order valence-corrected chi connectivity index (χ0v) is 17.0. The molecule has 0 saturated heterocycles. The van der Waals surface area contributed by atoms with Crippen LogP contribution in [0.1, 0.15) is 23.6 Å². The molecule has 29 heavy (non-hydrogen) atoms. The van der Waals surface area contributed by atoms with E-state index >= 15 is 0 Å². The maximum atomic E-state index is 12.5. The molecule has 0 radical (unpaired) electrons. The summed E-state index contributed by atoms with van der Waals surface area (Å²) >= 11 is 0. The van der Waals surface area contributed by atoms with Gasteiger partial charge in [-0.3, -0.25) is 9.59 Å². The number of ether oxygens (including phenoxy) is 1. The molecule has 1 atom stereocenters. The molecule has 3 rings (SSSR count). The molecule has 5 nitrogen and oxygen atoms in total.